The smallest absolute Gasteiger partial charge is 0.320 e. The molecular weight excluding hydrogens is 229 g/mol. The molecule has 94 valence electrons. The molecule has 5 nitrogen and oxygen atoms in total. The van der Waals surface area contributed by atoms with Gasteiger partial charge in [0, 0.05) is 12.5 Å². The average Bonchev–Trinajstić information content (AvgIpc) is 2.31. The second kappa shape index (κ2) is 5.49. The van der Waals surface area contributed by atoms with Crippen LogP contribution in [-0.4, -0.2) is 31.3 Å². The summed E-state index contributed by atoms with van der Waals surface area (Å²) in [6.45, 7) is 0. The van der Waals surface area contributed by atoms with Crippen molar-refractivity contribution in [3.63, 3.8) is 0 Å². The first-order valence-electron chi connectivity index (χ1n) is 4.88. The second-order valence-electron chi connectivity index (χ2n) is 3.45. The normalized spacial score (nSPS) is 12.0. The van der Waals surface area contributed by atoms with E-state index in [1.54, 1.807) is 0 Å². The lowest BCUT2D eigenvalue weighted by atomic mass is 10.1. The Bertz CT molecular complexity index is 422. The van der Waals surface area contributed by atoms with E-state index in [0.29, 0.717) is 5.75 Å². The van der Waals surface area contributed by atoms with Crippen LogP contribution in [0.3, 0.4) is 0 Å². The minimum atomic E-state index is -1.19. The first kappa shape index (κ1) is 13.2. The summed E-state index contributed by atoms with van der Waals surface area (Å²) in [4.78, 5) is 10.6. The number of halogens is 1. The molecule has 0 aromatic heterocycles. The van der Waals surface area contributed by atoms with E-state index in [1.165, 1.54) is 26.4 Å². The van der Waals surface area contributed by atoms with Crippen molar-refractivity contribution in [2.45, 2.75) is 12.5 Å². The minimum absolute atomic E-state index is 0.00283. The third-order valence-corrected chi connectivity index (χ3v) is 2.30. The van der Waals surface area contributed by atoms with Crippen molar-refractivity contribution < 1.29 is 23.8 Å². The second-order valence-corrected chi connectivity index (χ2v) is 3.45. The number of carbonyl (C=O) groups is 1. The van der Waals surface area contributed by atoms with Gasteiger partial charge in [-0.25, -0.2) is 4.39 Å². The highest BCUT2D eigenvalue weighted by Crippen LogP contribution is 2.27. The number of methoxy groups -OCH3 is 2. The van der Waals surface area contributed by atoms with Crippen LogP contribution < -0.4 is 15.2 Å². The van der Waals surface area contributed by atoms with E-state index in [0.717, 1.165) is 0 Å². The van der Waals surface area contributed by atoms with Crippen molar-refractivity contribution in [2.24, 2.45) is 5.73 Å². The van der Waals surface area contributed by atoms with Crippen LogP contribution >= 0.6 is 0 Å². The first-order valence-corrected chi connectivity index (χ1v) is 4.88. The summed E-state index contributed by atoms with van der Waals surface area (Å²) in [5.41, 5.74) is 5.50. The highest BCUT2D eigenvalue weighted by molar-refractivity contribution is 5.73. The molecule has 1 unspecified atom stereocenters. The van der Waals surface area contributed by atoms with Gasteiger partial charge in [-0.2, -0.15) is 0 Å². The molecule has 1 atom stereocenters. The van der Waals surface area contributed by atoms with E-state index < -0.39 is 17.8 Å². The molecule has 0 saturated heterocycles. The highest BCUT2D eigenvalue weighted by atomic mass is 19.1. The van der Waals surface area contributed by atoms with E-state index in [9.17, 15) is 9.18 Å². The van der Waals surface area contributed by atoms with Crippen molar-refractivity contribution >= 4 is 5.97 Å². The zero-order valence-corrected chi connectivity index (χ0v) is 9.57. The van der Waals surface area contributed by atoms with Crippen molar-refractivity contribution in [1.29, 1.82) is 0 Å². The van der Waals surface area contributed by atoms with Crippen LogP contribution in [0.25, 0.3) is 0 Å². The maximum absolute atomic E-state index is 13.8. The van der Waals surface area contributed by atoms with Crippen LogP contribution in [0.4, 0.5) is 4.39 Å². The van der Waals surface area contributed by atoms with Gasteiger partial charge in [-0.15, -0.1) is 0 Å². The molecule has 0 spiro atoms. The molecule has 0 aliphatic heterocycles. The van der Waals surface area contributed by atoms with Gasteiger partial charge in [0.15, 0.2) is 11.6 Å². The molecule has 0 radical (unpaired) electrons. The standard InChI is InChI=1S/C11H14FNO4/c1-16-7-3-6(4-8(13)11(14)15)10(12)9(5-7)17-2/h3,5,8H,4,13H2,1-2H3,(H,14,15). The highest BCUT2D eigenvalue weighted by Gasteiger charge is 2.18. The zero-order chi connectivity index (χ0) is 13.0. The molecule has 0 aliphatic carbocycles. The number of hydrogen-bond acceptors (Lipinski definition) is 4. The third kappa shape index (κ3) is 3.07. The summed E-state index contributed by atoms with van der Waals surface area (Å²) in [5, 5.41) is 8.68. The Kier molecular flexibility index (Phi) is 4.28. The van der Waals surface area contributed by atoms with Gasteiger partial charge in [0.25, 0.3) is 0 Å². The Morgan fingerprint density at radius 1 is 1.47 bits per heavy atom. The Hall–Kier alpha value is -1.82. The lowest BCUT2D eigenvalue weighted by Gasteiger charge is -2.12. The summed E-state index contributed by atoms with van der Waals surface area (Å²) in [6.07, 6.45) is -0.130. The zero-order valence-electron chi connectivity index (χ0n) is 9.57. The van der Waals surface area contributed by atoms with Crippen LogP contribution in [0.1, 0.15) is 5.56 Å². The molecule has 1 rings (SSSR count). The summed E-state index contributed by atoms with van der Waals surface area (Å²) in [6, 6.07) is 1.62. The van der Waals surface area contributed by atoms with Gasteiger partial charge < -0.3 is 20.3 Å². The number of rotatable bonds is 5. The van der Waals surface area contributed by atoms with Crippen LogP contribution in [0.5, 0.6) is 11.5 Å². The molecule has 0 amide bonds. The monoisotopic (exact) mass is 243 g/mol. The molecule has 0 heterocycles. The fourth-order valence-corrected chi connectivity index (χ4v) is 1.37. The summed E-state index contributed by atoms with van der Waals surface area (Å²) in [5.74, 6) is -1.43. The van der Waals surface area contributed by atoms with Crippen LogP contribution in [0.2, 0.25) is 0 Å². The first-order chi connectivity index (χ1) is 7.99. The Balaban J connectivity index is 3.09. The lowest BCUT2D eigenvalue weighted by molar-refractivity contribution is -0.138. The van der Waals surface area contributed by atoms with Crippen molar-refractivity contribution in [3.05, 3.63) is 23.5 Å². The fourth-order valence-electron chi connectivity index (χ4n) is 1.37. The van der Waals surface area contributed by atoms with Gasteiger partial charge in [-0.3, -0.25) is 4.79 Å². The van der Waals surface area contributed by atoms with Gasteiger partial charge >= 0.3 is 5.97 Å². The van der Waals surface area contributed by atoms with Gasteiger partial charge in [-0.1, -0.05) is 0 Å². The summed E-state index contributed by atoms with van der Waals surface area (Å²) < 4.78 is 23.6. The van der Waals surface area contributed by atoms with Crippen LogP contribution in [0.15, 0.2) is 12.1 Å². The molecule has 0 aliphatic rings. The van der Waals surface area contributed by atoms with Crippen molar-refractivity contribution in [3.8, 4) is 11.5 Å². The third-order valence-electron chi connectivity index (χ3n) is 2.30. The molecule has 0 saturated carbocycles. The number of carboxylic acid groups (broad SMARTS) is 1. The molecular formula is C11H14FNO4. The number of hydrogen-bond donors (Lipinski definition) is 2. The molecule has 17 heavy (non-hydrogen) atoms. The number of nitrogens with two attached hydrogens (primary N) is 1. The molecule has 3 N–H and O–H groups in total. The topological polar surface area (TPSA) is 81.8 Å². The number of carboxylic acids is 1. The average molecular weight is 243 g/mol. The predicted octanol–water partition coefficient (Wildman–Crippen LogP) is 0.797. The lowest BCUT2D eigenvalue weighted by Crippen LogP contribution is -2.32. The quantitative estimate of drug-likeness (QED) is 0.799. The maximum atomic E-state index is 13.8. The van der Waals surface area contributed by atoms with Crippen LogP contribution in [0, 0.1) is 5.82 Å². The molecule has 0 bridgehead atoms. The number of ether oxygens (including phenoxy) is 2. The number of benzene rings is 1. The van der Waals surface area contributed by atoms with Crippen LogP contribution in [-0.2, 0) is 11.2 Å². The van der Waals surface area contributed by atoms with E-state index >= 15 is 0 Å². The van der Waals surface area contributed by atoms with Crippen molar-refractivity contribution in [1.82, 2.24) is 0 Å². The maximum Gasteiger partial charge on any atom is 0.320 e. The van der Waals surface area contributed by atoms with Gasteiger partial charge in [0.2, 0.25) is 0 Å². The minimum Gasteiger partial charge on any atom is -0.497 e. The fraction of sp³-hybridized carbons (Fsp3) is 0.364. The molecule has 1 aromatic carbocycles. The van der Waals surface area contributed by atoms with E-state index in [-0.39, 0.29) is 17.7 Å². The Labute approximate surface area is 97.9 Å². The SMILES string of the molecule is COc1cc(CC(N)C(=O)O)c(F)c(OC)c1. The largest absolute Gasteiger partial charge is 0.497 e. The van der Waals surface area contributed by atoms with Gasteiger partial charge in [0.1, 0.15) is 11.8 Å². The Morgan fingerprint density at radius 3 is 2.59 bits per heavy atom. The van der Waals surface area contributed by atoms with Crippen molar-refractivity contribution in [2.75, 3.05) is 14.2 Å². The summed E-state index contributed by atoms with van der Waals surface area (Å²) in [7, 11) is 2.74. The van der Waals surface area contributed by atoms with Gasteiger partial charge in [-0.05, 0) is 11.6 Å². The predicted molar refractivity (Wildman–Crippen MR) is 58.8 cm³/mol. The molecule has 1 aromatic rings. The van der Waals surface area contributed by atoms with E-state index in [4.69, 9.17) is 20.3 Å². The van der Waals surface area contributed by atoms with E-state index in [2.05, 4.69) is 0 Å². The number of aliphatic carboxylic acids is 1. The molecule has 6 heteroatoms. The van der Waals surface area contributed by atoms with Gasteiger partial charge in [0.05, 0.1) is 14.2 Å². The Morgan fingerprint density at radius 2 is 2.12 bits per heavy atom. The summed E-state index contributed by atoms with van der Waals surface area (Å²) >= 11 is 0. The van der Waals surface area contributed by atoms with E-state index in [1.807, 2.05) is 0 Å². The molecule has 0 fully saturated rings.